The van der Waals surface area contributed by atoms with Crippen molar-refractivity contribution in [2.45, 2.75) is 43.8 Å². The van der Waals surface area contributed by atoms with Crippen LogP contribution >= 0.6 is 24.0 Å². The van der Waals surface area contributed by atoms with Crippen molar-refractivity contribution in [2.24, 2.45) is 4.99 Å². The number of sulfone groups is 1. The molecule has 1 aliphatic rings. The Morgan fingerprint density at radius 2 is 1.74 bits per heavy atom. The van der Waals surface area contributed by atoms with Gasteiger partial charge in [0.25, 0.3) is 0 Å². The minimum Gasteiger partial charge on any atom is -0.357 e. The molecule has 170 valence electrons. The molecule has 2 N–H and O–H groups in total. The molecule has 0 bridgehead atoms. The summed E-state index contributed by atoms with van der Waals surface area (Å²) in [7, 11) is -3.32. The summed E-state index contributed by atoms with van der Waals surface area (Å²) in [6.45, 7) is 7.08. The van der Waals surface area contributed by atoms with Crippen molar-refractivity contribution in [3.05, 3.63) is 66.2 Å². The average Bonchev–Trinajstić information content (AvgIpc) is 3.08. The van der Waals surface area contributed by atoms with Crippen LogP contribution < -0.4 is 10.6 Å². The van der Waals surface area contributed by atoms with Crippen molar-refractivity contribution >= 4 is 39.8 Å². The number of rotatable bonds is 8. The number of likely N-dealkylation sites (tertiary alicyclic amines) is 1. The van der Waals surface area contributed by atoms with Gasteiger partial charge < -0.3 is 10.6 Å². The predicted molar refractivity (Wildman–Crippen MR) is 138 cm³/mol. The summed E-state index contributed by atoms with van der Waals surface area (Å²) >= 11 is 0. The fourth-order valence-corrected chi connectivity index (χ4v) is 4.92. The number of benzene rings is 2. The highest BCUT2D eigenvalue weighted by molar-refractivity contribution is 14.0. The Labute approximate surface area is 203 Å². The van der Waals surface area contributed by atoms with Gasteiger partial charge in [-0.3, -0.25) is 9.89 Å². The monoisotopic (exact) mass is 556 g/mol. The van der Waals surface area contributed by atoms with Crippen molar-refractivity contribution < 1.29 is 8.42 Å². The van der Waals surface area contributed by atoms with Gasteiger partial charge in [-0.15, -0.1) is 24.0 Å². The molecule has 2 atom stereocenters. The Balaban J connectivity index is 0.00000341. The number of nitrogens with one attached hydrogen (secondary N) is 2. The number of aliphatic imine (C=N–C) groups is 1. The minimum absolute atomic E-state index is 0. The van der Waals surface area contributed by atoms with E-state index in [0.717, 1.165) is 26.1 Å². The lowest BCUT2D eigenvalue weighted by atomic mass is 10.2. The Hall–Kier alpha value is -1.65. The van der Waals surface area contributed by atoms with Crippen LogP contribution in [0, 0.1) is 0 Å². The third-order valence-corrected chi connectivity index (χ3v) is 7.06. The van der Waals surface area contributed by atoms with Crippen LogP contribution in [-0.2, 0) is 16.4 Å². The zero-order chi connectivity index (χ0) is 21.4. The maximum Gasteiger partial charge on any atom is 0.191 e. The molecule has 1 aliphatic heterocycles. The summed E-state index contributed by atoms with van der Waals surface area (Å²) < 4.78 is 24.9. The van der Waals surface area contributed by atoms with Crippen molar-refractivity contribution in [2.75, 3.05) is 25.4 Å². The van der Waals surface area contributed by atoms with Gasteiger partial charge in [0.1, 0.15) is 0 Å². The van der Waals surface area contributed by atoms with Gasteiger partial charge in [-0.25, -0.2) is 8.42 Å². The lowest BCUT2D eigenvalue weighted by molar-refractivity contribution is 0.258. The lowest BCUT2D eigenvalue weighted by Gasteiger charge is -2.21. The summed E-state index contributed by atoms with van der Waals surface area (Å²) in [5, 5.41) is 6.73. The van der Waals surface area contributed by atoms with Crippen LogP contribution in [0.3, 0.4) is 0 Å². The standard InChI is InChI=1S/C23H32N4O2S.HI/c1-3-24-23(25-14-15-30(28,29)22-12-8-5-9-13-22)26-21-16-19(2)27(18-21)17-20-10-6-4-7-11-20;/h4-13,19,21H,3,14-18H2,1-2H3,(H2,24,25,26);1H. The molecule has 0 radical (unpaired) electrons. The highest BCUT2D eigenvalue weighted by atomic mass is 127. The first kappa shape index (κ1) is 25.6. The first-order chi connectivity index (χ1) is 14.5. The summed E-state index contributed by atoms with van der Waals surface area (Å²) in [5.41, 5.74) is 1.32. The first-order valence-corrected chi connectivity index (χ1v) is 12.2. The highest BCUT2D eigenvalue weighted by Gasteiger charge is 2.29. The van der Waals surface area contributed by atoms with E-state index in [1.807, 2.05) is 19.1 Å². The van der Waals surface area contributed by atoms with Crippen molar-refractivity contribution in [1.82, 2.24) is 15.5 Å². The highest BCUT2D eigenvalue weighted by Crippen LogP contribution is 2.20. The van der Waals surface area contributed by atoms with Gasteiger partial charge in [0.2, 0.25) is 0 Å². The Morgan fingerprint density at radius 3 is 2.39 bits per heavy atom. The molecule has 0 aromatic heterocycles. The second kappa shape index (κ2) is 12.4. The summed E-state index contributed by atoms with van der Waals surface area (Å²) in [5.74, 6) is 0.675. The first-order valence-electron chi connectivity index (χ1n) is 10.6. The van der Waals surface area contributed by atoms with E-state index in [-0.39, 0.29) is 42.3 Å². The van der Waals surface area contributed by atoms with E-state index in [4.69, 9.17) is 0 Å². The predicted octanol–water partition coefficient (Wildman–Crippen LogP) is 3.30. The van der Waals surface area contributed by atoms with Crippen LogP contribution in [0.15, 0.2) is 70.6 Å². The van der Waals surface area contributed by atoms with Crippen molar-refractivity contribution in [3.8, 4) is 0 Å². The Morgan fingerprint density at radius 1 is 1.10 bits per heavy atom. The molecule has 0 aliphatic carbocycles. The SMILES string of the molecule is CCNC(=NCCS(=O)(=O)c1ccccc1)NC1CC(C)N(Cc2ccccc2)C1.I. The van der Waals surface area contributed by atoms with Crippen LogP contribution in [-0.4, -0.2) is 56.7 Å². The van der Waals surface area contributed by atoms with Gasteiger partial charge in [-0.05, 0) is 38.0 Å². The molecule has 1 fully saturated rings. The maximum absolute atomic E-state index is 12.5. The topological polar surface area (TPSA) is 73.8 Å². The molecule has 8 heteroatoms. The van der Waals surface area contributed by atoms with E-state index in [2.05, 4.69) is 51.7 Å². The number of hydrogen-bond acceptors (Lipinski definition) is 4. The van der Waals surface area contributed by atoms with Gasteiger partial charge in [0.05, 0.1) is 17.2 Å². The lowest BCUT2D eigenvalue weighted by Crippen LogP contribution is -2.44. The van der Waals surface area contributed by atoms with Gasteiger partial charge in [-0.2, -0.15) is 0 Å². The molecule has 2 aromatic rings. The fourth-order valence-electron chi connectivity index (χ4n) is 3.78. The summed E-state index contributed by atoms with van der Waals surface area (Å²) in [6.07, 6.45) is 1.03. The van der Waals surface area contributed by atoms with Crippen LogP contribution in [0.1, 0.15) is 25.8 Å². The van der Waals surface area contributed by atoms with Crippen LogP contribution in [0.5, 0.6) is 0 Å². The molecule has 1 heterocycles. The number of nitrogens with zero attached hydrogens (tertiary/aromatic N) is 2. The number of halogens is 1. The van der Waals surface area contributed by atoms with Gasteiger partial charge in [0, 0.05) is 31.7 Å². The van der Waals surface area contributed by atoms with Crippen molar-refractivity contribution in [1.29, 1.82) is 0 Å². The molecule has 3 rings (SSSR count). The number of hydrogen-bond donors (Lipinski definition) is 2. The second-order valence-electron chi connectivity index (χ2n) is 7.73. The quantitative estimate of drug-likeness (QED) is 0.297. The van der Waals surface area contributed by atoms with Gasteiger partial charge >= 0.3 is 0 Å². The molecule has 0 saturated carbocycles. The summed E-state index contributed by atoms with van der Waals surface area (Å²) in [4.78, 5) is 7.33. The largest absolute Gasteiger partial charge is 0.357 e. The van der Waals surface area contributed by atoms with Crippen LogP contribution in [0.4, 0.5) is 0 Å². The van der Waals surface area contributed by atoms with Crippen LogP contribution in [0.2, 0.25) is 0 Å². The van der Waals surface area contributed by atoms with E-state index < -0.39 is 9.84 Å². The molecule has 0 spiro atoms. The fraction of sp³-hybridized carbons (Fsp3) is 0.435. The van der Waals surface area contributed by atoms with E-state index >= 15 is 0 Å². The van der Waals surface area contributed by atoms with E-state index in [1.165, 1.54) is 5.56 Å². The normalized spacial score (nSPS) is 19.6. The van der Waals surface area contributed by atoms with E-state index in [9.17, 15) is 8.42 Å². The third-order valence-electron chi connectivity index (χ3n) is 5.35. The van der Waals surface area contributed by atoms with Crippen molar-refractivity contribution in [3.63, 3.8) is 0 Å². The van der Waals surface area contributed by atoms with Crippen LogP contribution in [0.25, 0.3) is 0 Å². The molecular formula is C23H33IN4O2S. The average molecular weight is 557 g/mol. The molecule has 1 saturated heterocycles. The smallest absolute Gasteiger partial charge is 0.191 e. The molecule has 2 unspecified atom stereocenters. The minimum atomic E-state index is -3.32. The number of guanidine groups is 1. The van der Waals surface area contributed by atoms with Gasteiger partial charge in [-0.1, -0.05) is 48.5 Å². The molecule has 6 nitrogen and oxygen atoms in total. The zero-order valence-electron chi connectivity index (χ0n) is 18.2. The second-order valence-corrected chi connectivity index (χ2v) is 9.84. The Bertz CT molecular complexity index is 923. The molecular weight excluding hydrogens is 523 g/mol. The zero-order valence-corrected chi connectivity index (χ0v) is 21.3. The van der Waals surface area contributed by atoms with E-state index in [1.54, 1.807) is 24.3 Å². The molecule has 31 heavy (non-hydrogen) atoms. The van der Waals surface area contributed by atoms with Gasteiger partial charge in [0.15, 0.2) is 15.8 Å². The molecule has 2 aromatic carbocycles. The third kappa shape index (κ3) is 7.76. The maximum atomic E-state index is 12.5. The summed E-state index contributed by atoms with van der Waals surface area (Å²) in [6, 6.07) is 19.8. The Kier molecular flexibility index (Phi) is 10.2. The van der Waals surface area contributed by atoms with E-state index in [0.29, 0.717) is 16.9 Å². The molecule has 0 amide bonds.